The molecule has 0 aliphatic heterocycles. The predicted octanol–water partition coefficient (Wildman–Crippen LogP) is 2.63. The summed E-state index contributed by atoms with van der Waals surface area (Å²) >= 11 is 0. The number of anilines is 1. The zero-order valence-electron chi connectivity index (χ0n) is 16.4. The number of pyridine rings is 1. The second-order valence-electron chi connectivity index (χ2n) is 7.96. The minimum Gasteiger partial charge on any atom is -0.478 e. The molecule has 1 aromatic carbocycles. The van der Waals surface area contributed by atoms with E-state index in [2.05, 4.69) is 10.3 Å². The summed E-state index contributed by atoms with van der Waals surface area (Å²) in [4.78, 5) is 51.6. The van der Waals surface area contributed by atoms with E-state index in [1.54, 1.807) is 6.07 Å². The molecule has 1 aliphatic carbocycles. The third-order valence-corrected chi connectivity index (χ3v) is 4.77. The summed E-state index contributed by atoms with van der Waals surface area (Å²) in [5, 5.41) is 11.8. The van der Waals surface area contributed by atoms with Crippen LogP contribution in [-0.4, -0.2) is 34.9 Å². The number of aromatic amines is 1. The maximum atomic E-state index is 12.7. The van der Waals surface area contributed by atoms with Gasteiger partial charge in [-0.05, 0) is 41.7 Å². The number of nitrogens with one attached hydrogen (secondary N) is 2. The van der Waals surface area contributed by atoms with Gasteiger partial charge in [-0.15, -0.1) is 0 Å². The minimum absolute atomic E-state index is 0.0217. The van der Waals surface area contributed by atoms with E-state index in [0.717, 1.165) is 0 Å². The fourth-order valence-corrected chi connectivity index (χ4v) is 3.53. The summed E-state index contributed by atoms with van der Waals surface area (Å²) in [6.45, 7) is 4.05. The highest BCUT2D eigenvalue weighted by Crippen LogP contribution is 2.33. The third kappa shape index (κ3) is 4.43. The zero-order valence-corrected chi connectivity index (χ0v) is 16.4. The van der Waals surface area contributed by atoms with Crippen LogP contribution in [0, 0.1) is 5.41 Å². The van der Waals surface area contributed by atoms with Crippen molar-refractivity contribution in [3.8, 4) is 0 Å². The number of benzene rings is 1. The number of ether oxygens (including phenoxy) is 1. The molecular weight excluding hydrogens is 376 g/mol. The van der Waals surface area contributed by atoms with Crippen LogP contribution >= 0.6 is 0 Å². The average molecular weight is 398 g/mol. The normalized spacial score (nSPS) is 14.9. The van der Waals surface area contributed by atoms with E-state index in [9.17, 15) is 24.3 Å². The summed E-state index contributed by atoms with van der Waals surface area (Å²) in [6, 6.07) is 5.61. The molecule has 8 nitrogen and oxygen atoms in total. The molecule has 3 rings (SSSR count). The number of ketones is 1. The number of H-pyrrole nitrogens is 1. The van der Waals surface area contributed by atoms with Crippen LogP contribution in [0.1, 0.15) is 62.6 Å². The van der Waals surface area contributed by atoms with E-state index < -0.39 is 17.4 Å². The van der Waals surface area contributed by atoms with Gasteiger partial charge in [0.2, 0.25) is 0 Å². The van der Waals surface area contributed by atoms with Crippen LogP contribution < -0.4 is 10.9 Å². The van der Waals surface area contributed by atoms with Gasteiger partial charge in [0.15, 0.2) is 5.78 Å². The van der Waals surface area contributed by atoms with Crippen LogP contribution in [0.25, 0.3) is 0 Å². The van der Waals surface area contributed by atoms with Crippen LogP contribution in [0.15, 0.2) is 29.1 Å². The summed E-state index contributed by atoms with van der Waals surface area (Å²) in [5.74, 6) is -2.01. The van der Waals surface area contributed by atoms with E-state index in [0.29, 0.717) is 29.7 Å². The lowest BCUT2D eigenvalue weighted by molar-refractivity contribution is 0.0695. The molecule has 2 aromatic rings. The molecule has 152 valence electrons. The Balaban J connectivity index is 1.94. The van der Waals surface area contributed by atoms with Crippen molar-refractivity contribution in [1.82, 2.24) is 4.98 Å². The van der Waals surface area contributed by atoms with Gasteiger partial charge >= 0.3 is 5.97 Å². The highest BCUT2D eigenvalue weighted by Gasteiger charge is 2.32. The molecule has 1 aromatic heterocycles. The zero-order chi connectivity index (χ0) is 21.3. The number of rotatable bonds is 5. The van der Waals surface area contributed by atoms with E-state index in [4.69, 9.17) is 4.74 Å². The van der Waals surface area contributed by atoms with Crippen molar-refractivity contribution in [2.75, 3.05) is 12.4 Å². The van der Waals surface area contributed by atoms with Crippen molar-refractivity contribution in [2.45, 2.75) is 33.3 Å². The number of carbonyl (C=O) groups is 3. The molecule has 0 spiro atoms. The van der Waals surface area contributed by atoms with Crippen LogP contribution in [0.2, 0.25) is 0 Å². The van der Waals surface area contributed by atoms with Crippen molar-refractivity contribution in [3.05, 3.63) is 62.6 Å². The monoisotopic (exact) mass is 398 g/mol. The van der Waals surface area contributed by atoms with Gasteiger partial charge in [0.05, 0.1) is 12.2 Å². The fourth-order valence-electron chi connectivity index (χ4n) is 3.53. The Morgan fingerprint density at radius 2 is 1.90 bits per heavy atom. The van der Waals surface area contributed by atoms with E-state index >= 15 is 0 Å². The standard InChI is InChI=1S/C21H22N2O6/c1-21(2)8-16-14(17(24)9-21)7-15(19(26)23-16)18(25)22-13-5-11(10-29-3)4-12(6-13)20(27)28/h4-7H,8-10H2,1-3H3,(H,22,25)(H,23,26)(H,27,28). The Hall–Kier alpha value is -3.26. The van der Waals surface area contributed by atoms with Gasteiger partial charge in [-0.25, -0.2) is 4.79 Å². The molecular formula is C21H22N2O6. The first kappa shape index (κ1) is 20.5. The molecule has 0 atom stereocenters. The Bertz CT molecular complexity index is 1070. The molecule has 1 amide bonds. The van der Waals surface area contributed by atoms with Crippen molar-refractivity contribution < 1.29 is 24.2 Å². The van der Waals surface area contributed by atoms with Gasteiger partial charge in [-0.3, -0.25) is 14.4 Å². The lowest BCUT2D eigenvalue weighted by Gasteiger charge is -2.29. The molecule has 0 fully saturated rings. The molecule has 8 heteroatoms. The molecule has 29 heavy (non-hydrogen) atoms. The van der Waals surface area contributed by atoms with Gasteiger partial charge in [-0.1, -0.05) is 13.8 Å². The average Bonchev–Trinajstić information content (AvgIpc) is 2.60. The van der Waals surface area contributed by atoms with Crippen LogP contribution in [0.3, 0.4) is 0 Å². The number of carboxylic acid groups (broad SMARTS) is 1. The number of amides is 1. The second kappa shape index (κ2) is 7.63. The van der Waals surface area contributed by atoms with Gasteiger partial charge in [0, 0.05) is 30.5 Å². The quantitative estimate of drug-likeness (QED) is 0.711. The number of aromatic carboxylic acids is 1. The number of Topliss-reactive ketones (excluding diaryl/α,β-unsaturated/α-hetero) is 1. The molecule has 0 bridgehead atoms. The number of hydrogen-bond donors (Lipinski definition) is 3. The number of hydrogen-bond acceptors (Lipinski definition) is 5. The number of carbonyl (C=O) groups excluding carboxylic acids is 2. The number of carboxylic acids is 1. The molecule has 3 N–H and O–H groups in total. The lowest BCUT2D eigenvalue weighted by Crippen LogP contribution is -2.32. The summed E-state index contributed by atoms with van der Waals surface area (Å²) < 4.78 is 5.02. The molecule has 1 heterocycles. The molecule has 0 saturated carbocycles. The van der Waals surface area contributed by atoms with Crippen LogP contribution in [-0.2, 0) is 17.8 Å². The summed E-state index contributed by atoms with van der Waals surface area (Å²) in [7, 11) is 1.47. The van der Waals surface area contributed by atoms with Crippen molar-refractivity contribution >= 4 is 23.3 Å². The lowest BCUT2D eigenvalue weighted by atomic mass is 9.75. The van der Waals surface area contributed by atoms with Gasteiger partial charge in [0.1, 0.15) is 5.56 Å². The third-order valence-electron chi connectivity index (χ3n) is 4.77. The largest absolute Gasteiger partial charge is 0.478 e. The highest BCUT2D eigenvalue weighted by atomic mass is 16.5. The van der Waals surface area contributed by atoms with Crippen LogP contribution in [0.5, 0.6) is 0 Å². The molecule has 0 saturated heterocycles. The maximum absolute atomic E-state index is 12.7. The molecule has 0 unspecified atom stereocenters. The van der Waals surface area contributed by atoms with Crippen LogP contribution in [0.4, 0.5) is 5.69 Å². The molecule has 1 aliphatic rings. The minimum atomic E-state index is -1.15. The first-order valence-corrected chi connectivity index (χ1v) is 9.06. The van der Waals surface area contributed by atoms with Gasteiger partial charge < -0.3 is 20.1 Å². The predicted molar refractivity (Wildman–Crippen MR) is 106 cm³/mol. The second-order valence-corrected chi connectivity index (χ2v) is 7.96. The number of methoxy groups -OCH3 is 1. The highest BCUT2D eigenvalue weighted by molar-refractivity contribution is 6.07. The first-order chi connectivity index (χ1) is 13.6. The SMILES string of the molecule is COCc1cc(NC(=O)c2cc3c([nH]c2=O)CC(C)(C)CC3=O)cc(C(=O)O)c1. The van der Waals surface area contributed by atoms with Crippen molar-refractivity contribution in [3.63, 3.8) is 0 Å². The summed E-state index contributed by atoms with van der Waals surface area (Å²) in [5.41, 5.74) is 0.560. The smallest absolute Gasteiger partial charge is 0.335 e. The Labute approximate surface area is 166 Å². The van der Waals surface area contributed by atoms with Crippen molar-refractivity contribution in [2.24, 2.45) is 5.41 Å². The maximum Gasteiger partial charge on any atom is 0.335 e. The van der Waals surface area contributed by atoms with Gasteiger partial charge in [-0.2, -0.15) is 0 Å². The summed E-state index contributed by atoms with van der Waals surface area (Å²) in [6.07, 6.45) is 0.861. The van der Waals surface area contributed by atoms with Gasteiger partial charge in [0.25, 0.3) is 11.5 Å². The topological polar surface area (TPSA) is 126 Å². The fraction of sp³-hybridized carbons (Fsp3) is 0.333. The Kier molecular flexibility index (Phi) is 5.39. The molecule has 0 radical (unpaired) electrons. The van der Waals surface area contributed by atoms with E-state index in [1.165, 1.54) is 25.3 Å². The first-order valence-electron chi connectivity index (χ1n) is 9.06. The Morgan fingerprint density at radius 3 is 2.55 bits per heavy atom. The Morgan fingerprint density at radius 1 is 1.17 bits per heavy atom. The van der Waals surface area contributed by atoms with Crippen molar-refractivity contribution in [1.29, 1.82) is 0 Å². The number of fused-ring (bicyclic) bond motifs is 1. The number of aromatic nitrogens is 1. The van der Waals surface area contributed by atoms with E-state index in [1.807, 2.05) is 13.8 Å². The van der Waals surface area contributed by atoms with E-state index in [-0.39, 0.29) is 34.6 Å².